The number of rotatable bonds is 0. The molecule has 0 saturated carbocycles. The van der Waals surface area contributed by atoms with Gasteiger partial charge in [0.05, 0.1) is 0 Å². The van der Waals surface area contributed by atoms with Gasteiger partial charge in [0.2, 0.25) is 0 Å². The molecule has 0 fully saturated rings. The summed E-state index contributed by atoms with van der Waals surface area (Å²) in [6.07, 6.45) is 0. The van der Waals surface area contributed by atoms with E-state index >= 15 is 0 Å². The molecule has 0 rings (SSSR count). The Kier molecular flexibility index (Phi) is 247000. The third-order valence-electron chi connectivity index (χ3n) is 0. The Morgan fingerprint density at radius 3 is 0.300 bits per heavy atom. The van der Waals surface area contributed by atoms with Crippen LogP contribution in [0.5, 0.6) is 0 Å². The fraction of sp³-hybridized carbons (Fsp3) is 0. The van der Waals surface area contributed by atoms with E-state index in [0.717, 1.165) is 0 Å². The molecule has 0 aliphatic heterocycles. The topological polar surface area (TPSA) is 252 Å². The minimum atomic E-state index is 0. The second kappa shape index (κ2) is 1340. The van der Waals surface area contributed by atoms with Crippen LogP contribution in [0.3, 0.4) is 0 Å². The van der Waals surface area contributed by atoms with E-state index in [9.17, 15) is 0 Å². The molecule has 0 heterocycles. The van der Waals surface area contributed by atoms with E-state index in [4.69, 9.17) is 0 Å². The van der Waals surface area contributed by atoms with Crippen molar-refractivity contribution in [1.82, 2.24) is 0 Å². The van der Waals surface area contributed by atoms with Gasteiger partial charge in [-0.2, -0.15) is 0 Å². The van der Waals surface area contributed by atoms with Crippen molar-refractivity contribution in [1.29, 1.82) is 0 Å². The molecule has 68 valence electrons. The molecule has 4 radical (unpaired) electrons. The zero-order chi connectivity index (χ0) is 0. The first-order valence-electron chi connectivity index (χ1n) is 0. The van der Waals surface area contributed by atoms with Crippen LogP contribution in [0.4, 0.5) is 0 Å². The van der Waals surface area contributed by atoms with E-state index < -0.39 is 0 Å². The molecular formula is H16BNaO8. The van der Waals surface area contributed by atoms with Crippen LogP contribution in [-0.2, 0) is 0 Å². The average Bonchev–Trinajstić information content (AvgIpc) is 0. The maximum absolute atomic E-state index is 0. The van der Waals surface area contributed by atoms with E-state index in [-0.39, 0.29) is 81.8 Å². The van der Waals surface area contributed by atoms with Gasteiger partial charge in [-0.15, -0.1) is 0 Å². The molecule has 0 spiro atoms. The van der Waals surface area contributed by atoms with E-state index in [1.54, 1.807) is 0 Å². The van der Waals surface area contributed by atoms with Gasteiger partial charge in [0.15, 0.2) is 0 Å². The van der Waals surface area contributed by atoms with Crippen LogP contribution in [0.15, 0.2) is 0 Å². The second-order valence-corrected chi connectivity index (χ2v) is 0. The van der Waals surface area contributed by atoms with Gasteiger partial charge < -0.3 is 52.2 Å². The Labute approximate surface area is 82.0 Å². The Morgan fingerprint density at radius 2 is 0.300 bits per heavy atom. The van der Waals surface area contributed by atoms with Crippen LogP contribution in [-0.4, -0.2) is 52.2 Å². The molecule has 16 N–H and O–H groups in total. The molecule has 0 aromatic carbocycles. The van der Waals surface area contributed by atoms with E-state index in [0.29, 0.717) is 0 Å². The minimum absolute atomic E-state index is 0. The smallest absolute Gasteiger partial charge is 1.00 e. The maximum Gasteiger partial charge on any atom is 1.00 e. The van der Waals surface area contributed by atoms with Crippen molar-refractivity contribution in [3.63, 3.8) is 0 Å². The fourth-order valence-electron chi connectivity index (χ4n) is 0. The molecule has 10 heteroatoms. The summed E-state index contributed by atoms with van der Waals surface area (Å²) in [7, 11) is 0. The van der Waals surface area contributed by atoms with Crippen LogP contribution in [0.1, 0.15) is 0 Å². The molecule has 0 saturated heterocycles. The number of hydrogen-bond donors (Lipinski definition) is 0. The molecule has 0 unspecified atom stereocenters. The first kappa shape index (κ1) is 1840. The molecule has 0 aromatic heterocycles. The van der Waals surface area contributed by atoms with Crippen molar-refractivity contribution in [3.05, 3.63) is 0 Å². The van der Waals surface area contributed by atoms with Crippen LogP contribution in [0.25, 0.3) is 0 Å². The van der Waals surface area contributed by atoms with Crippen molar-refractivity contribution in [2.45, 2.75) is 0 Å². The predicted molar refractivity (Wildman–Crippen MR) is 34.7 cm³/mol. The van der Waals surface area contributed by atoms with E-state index in [1.165, 1.54) is 0 Å². The van der Waals surface area contributed by atoms with E-state index in [2.05, 4.69) is 0 Å². The summed E-state index contributed by atoms with van der Waals surface area (Å²) in [6.45, 7) is 0. The van der Waals surface area contributed by atoms with Gasteiger partial charge in [0.1, 0.15) is 0 Å². The van der Waals surface area contributed by atoms with Gasteiger partial charge in [0, 0.05) is 0 Å². The predicted octanol–water partition coefficient (Wildman–Crippen LogP) is -9.97. The summed E-state index contributed by atoms with van der Waals surface area (Å²) in [5.74, 6) is 0. The largest absolute Gasteiger partial charge is 1.00 e. The molecule has 0 bridgehead atoms. The molecule has 0 aliphatic rings. The average molecular weight is 178 g/mol. The first-order valence-corrected chi connectivity index (χ1v) is 0. The zero-order valence-electron chi connectivity index (χ0n) is 5.58. The summed E-state index contributed by atoms with van der Waals surface area (Å²) in [6, 6.07) is 0. The summed E-state index contributed by atoms with van der Waals surface area (Å²) in [5, 5.41) is 0. The molecule has 0 aromatic rings. The minimum Gasteiger partial charge on any atom is -1.00 e. The van der Waals surface area contributed by atoms with Gasteiger partial charge in [-0.1, -0.05) is 0 Å². The third kappa shape index (κ3) is 945. The van der Waals surface area contributed by atoms with Crippen molar-refractivity contribution in [2.24, 2.45) is 0 Å². The van der Waals surface area contributed by atoms with E-state index in [1.807, 2.05) is 0 Å². The normalized spacial score (nSPS) is 0. The monoisotopic (exact) mass is 178 g/mol. The Hall–Kier alpha value is 0.745. The molecule has 0 amide bonds. The second-order valence-electron chi connectivity index (χ2n) is 0. The summed E-state index contributed by atoms with van der Waals surface area (Å²) < 4.78 is 0. The Bertz CT molecular complexity index is 9.22. The van der Waals surface area contributed by atoms with Crippen LogP contribution < -0.4 is 29.6 Å². The SMILES string of the molecule is O.O.O.O.O.O.O.O.[B-].[Na+]. The van der Waals surface area contributed by atoms with Crippen LogP contribution in [0, 0.1) is 0 Å². The zero-order valence-corrected chi connectivity index (χ0v) is 7.58. The van der Waals surface area contributed by atoms with Gasteiger partial charge >= 0.3 is 29.6 Å². The summed E-state index contributed by atoms with van der Waals surface area (Å²) in [4.78, 5) is 0. The van der Waals surface area contributed by atoms with Crippen LogP contribution in [0.2, 0.25) is 0 Å². The van der Waals surface area contributed by atoms with Crippen molar-refractivity contribution in [2.75, 3.05) is 0 Å². The summed E-state index contributed by atoms with van der Waals surface area (Å²) >= 11 is 0. The quantitative estimate of drug-likeness (QED) is 0.312. The van der Waals surface area contributed by atoms with Gasteiger partial charge in [0.25, 0.3) is 0 Å². The molecular weight excluding hydrogens is 162 g/mol. The Balaban J connectivity index is 0. The molecule has 0 aliphatic carbocycles. The van der Waals surface area contributed by atoms with Gasteiger partial charge in [-0.25, -0.2) is 0 Å². The Morgan fingerprint density at radius 1 is 0.300 bits per heavy atom. The molecule has 0 atom stereocenters. The first-order chi connectivity index (χ1) is 0. The van der Waals surface area contributed by atoms with Crippen LogP contribution >= 0.6 is 0 Å². The van der Waals surface area contributed by atoms with Crippen molar-refractivity contribution < 1.29 is 73.4 Å². The maximum atomic E-state index is 0. The third-order valence-corrected chi connectivity index (χ3v) is 0. The summed E-state index contributed by atoms with van der Waals surface area (Å²) in [5.41, 5.74) is 0. The van der Waals surface area contributed by atoms with Crippen molar-refractivity contribution >= 4 is 8.41 Å². The number of hydrogen-bond acceptors (Lipinski definition) is 0. The molecule has 10 heavy (non-hydrogen) atoms. The molecule has 8 nitrogen and oxygen atoms in total. The fourth-order valence-corrected chi connectivity index (χ4v) is 0. The van der Waals surface area contributed by atoms with Gasteiger partial charge in [-0.3, -0.25) is 0 Å². The standard InChI is InChI=1S/B.Na.8H2O/h;;8*1H2/q-1;+1;;;;;;;;. The van der Waals surface area contributed by atoms with Crippen molar-refractivity contribution in [3.8, 4) is 0 Å². The van der Waals surface area contributed by atoms with Gasteiger partial charge in [-0.05, 0) is 0 Å².